The summed E-state index contributed by atoms with van der Waals surface area (Å²) in [4.78, 5) is 0. The second kappa shape index (κ2) is 8.58. The van der Waals surface area contributed by atoms with Crippen LogP contribution in [0.5, 0.6) is 0 Å². The van der Waals surface area contributed by atoms with Crippen LogP contribution in [0.4, 0.5) is 0 Å². The highest BCUT2D eigenvalue weighted by Gasteiger charge is 2.15. The van der Waals surface area contributed by atoms with Crippen molar-refractivity contribution in [1.29, 1.82) is 0 Å². The van der Waals surface area contributed by atoms with Crippen LogP contribution in [0.3, 0.4) is 0 Å². The molecule has 0 radical (unpaired) electrons. The number of allylic oxidation sites excluding steroid dienone is 4. The summed E-state index contributed by atoms with van der Waals surface area (Å²) in [5, 5.41) is 0. The summed E-state index contributed by atoms with van der Waals surface area (Å²) in [6.07, 6.45) is 4.85. The van der Waals surface area contributed by atoms with Gasteiger partial charge in [-0.15, -0.1) is 0 Å². The van der Waals surface area contributed by atoms with E-state index >= 15 is 0 Å². The normalized spacial score (nSPS) is 11.5. The maximum absolute atomic E-state index is 3.83. The van der Waals surface area contributed by atoms with Gasteiger partial charge in [-0.2, -0.15) is 0 Å². The van der Waals surface area contributed by atoms with E-state index in [9.17, 15) is 0 Å². The molecule has 1 aromatic rings. The van der Waals surface area contributed by atoms with Gasteiger partial charge in [-0.05, 0) is 28.7 Å². The van der Waals surface area contributed by atoms with Gasteiger partial charge in [0, 0.05) is 0 Å². The van der Waals surface area contributed by atoms with Crippen molar-refractivity contribution < 1.29 is 0 Å². The van der Waals surface area contributed by atoms with E-state index in [4.69, 9.17) is 0 Å². The van der Waals surface area contributed by atoms with E-state index in [0.717, 1.165) is 6.42 Å². The minimum Gasteiger partial charge on any atom is -0.0988 e. The topological polar surface area (TPSA) is 0 Å². The van der Waals surface area contributed by atoms with Gasteiger partial charge in [-0.25, -0.2) is 0 Å². The minimum absolute atomic E-state index is 1.00. The molecule has 0 aromatic heterocycles. The number of hydrogen-bond donors (Lipinski definition) is 0. The molecule has 1 aliphatic carbocycles. The summed E-state index contributed by atoms with van der Waals surface area (Å²) >= 11 is 0. The molecule has 0 aliphatic heterocycles. The Morgan fingerprint density at radius 1 is 0.941 bits per heavy atom. The maximum Gasteiger partial charge on any atom is -0.00137 e. The molecule has 0 spiro atoms. The standard InChI is InChI=1S/C13H12.2C2H6/c1-3-10-9-11-7-5-6-8-13(11)12(10)4-2;2*1-2/h3-8H,1-2,9H2;2*1-2H3. The van der Waals surface area contributed by atoms with Gasteiger partial charge < -0.3 is 0 Å². The van der Waals surface area contributed by atoms with E-state index in [1.165, 1.54) is 22.3 Å². The van der Waals surface area contributed by atoms with Crippen LogP contribution in [-0.2, 0) is 6.42 Å². The lowest BCUT2D eigenvalue weighted by molar-refractivity contribution is 1.25. The molecule has 0 saturated carbocycles. The first-order valence-corrected chi connectivity index (χ1v) is 6.43. The Bertz CT molecular complexity index is 394. The van der Waals surface area contributed by atoms with Crippen LogP contribution in [0.2, 0.25) is 0 Å². The van der Waals surface area contributed by atoms with Crippen molar-refractivity contribution in [3.8, 4) is 0 Å². The molecule has 0 heterocycles. The lowest BCUT2D eigenvalue weighted by Gasteiger charge is -1.98. The van der Waals surface area contributed by atoms with Gasteiger partial charge >= 0.3 is 0 Å². The first kappa shape index (κ1) is 15.4. The highest BCUT2D eigenvalue weighted by atomic mass is 14.2. The first-order chi connectivity index (χ1) is 8.36. The third-order valence-corrected chi connectivity index (χ3v) is 2.48. The predicted octanol–water partition coefficient (Wildman–Crippen LogP) is 5.42. The lowest BCUT2D eigenvalue weighted by Crippen LogP contribution is -1.80. The van der Waals surface area contributed by atoms with E-state index in [2.05, 4.69) is 37.4 Å². The fourth-order valence-corrected chi connectivity index (χ4v) is 1.83. The zero-order valence-electron chi connectivity index (χ0n) is 11.6. The van der Waals surface area contributed by atoms with Gasteiger partial charge in [0.25, 0.3) is 0 Å². The first-order valence-electron chi connectivity index (χ1n) is 6.43. The zero-order valence-corrected chi connectivity index (χ0v) is 11.6. The SMILES string of the molecule is C=CC1=C(C=C)c2ccccc2C1.CC.CC. The van der Waals surface area contributed by atoms with Crippen LogP contribution in [0.1, 0.15) is 38.8 Å². The van der Waals surface area contributed by atoms with Gasteiger partial charge in [0.15, 0.2) is 0 Å². The number of benzene rings is 1. The second-order valence-corrected chi connectivity index (χ2v) is 3.18. The van der Waals surface area contributed by atoms with Crippen molar-refractivity contribution in [2.45, 2.75) is 34.1 Å². The quantitative estimate of drug-likeness (QED) is 0.634. The largest absolute Gasteiger partial charge is 0.0988 e. The van der Waals surface area contributed by atoms with E-state index in [0.29, 0.717) is 0 Å². The monoisotopic (exact) mass is 228 g/mol. The van der Waals surface area contributed by atoms with Crippen LogP contribution in [0.15, 0.2) is 55.1 Å². The fourth-order valence-electron chi connectivity index (χ4n) is 1.83. The van der Waals surface area contributed by atoms with E-state index < -0.39 is 0 Å². The van der Waals surface area contributed by atoms with Gasteiger partial charge in [-0.3, -0.25) is 0 Å². The molecular weight excluding hydrogens is 204 g/mol. The van der Waals surface area contributed by atoms with Crippen molar-refractivity contribution in [3.63, 3.8) is 0 Å². The summed E-state index contributed by atoms with van der Waals surface area (Å²) in [5.41, 5.74) is 5.22. The molecule has 0 saturated heterocycles. The molecule has 0 amide bonds. The van der Waals surface area contributed by atoms with Crippen LogP contribution >= 0.6 is 0 Å². The average molecular weight is 228 g/mol. The molecule has 0 heteroatoms. The summed E-state index contributed by atoms with van der Waals surface area (Å²) < 4.78 is 0. The Kier molecular flexibility index (Phi) is 7.79. The van der Waals surface area contributed by atoms with Crippen molar-refractivity contribution in [3.05, 3.63) is 66.3 Å². The average Bonchev–Trinajstić information content (AvgIpc) is 2.80. The molecular formula is C17H24. The predicted molar refractivity (Wildman–Crippen MR) is 80.2 cm³/mol. The summed E-state index contributed by atoms with van der Waals surface area (Å²) in [6, 6.07) is 8.44. The molecule has 92 valence electrons. The van der Waals surface area contributed by atoms with Crippen molar-refractivity contribution in [2.24, 2.45) is 0 Å². The van der Waals surface area contributed by atoms with Crippen LogP contribution < -0.4 is 0 Å². The number of rotatable bonds is 2. The molecule has 1 aliphatic rings. The Hall–Kier alpha value is -1.56. The summed E-state index contributed by atoms with van der Waals surface area (Å²) in [5.74, 6) is 0. The second-order valence-electron chi connectivity index (χ2n) is 3.18. The molecule has 1 aromatic carbocycles. The van der Waals surface area contributed by atoms with Crippen LogP contribution in [-0.4, -0.2) is 0 Å². The Balaban J connectivity index is 0.000000581. The number of fused-ring (bicyclic) bond motifs is 1. The zero-order chi connectivity index (χ0) is 13.3. The van der Waals surface area contributed by atoms with Crippen molar-refractivity contribution in [1.82, 2.24) is 0 Å². The van der Waals surface area contributed by atoms with Gasteiger partial charge in [0.2, 0.25) is 0 Å². The van der Waals surface area contributed by atoms with Gasteiger partial charge in [0.05, 0.1) is 0 Å². The Labute approximate surface area is 106 Å². The number of hydrogen-bond acceptors (Lipinski definition) is 0. The van der Waals surface area contributed by atoms with Crippen LogP contribution in [0, 0.1) is 0 Å². The maximum atomic E-state index is 3.83. The molecule has 0 N–H and O–H groups in total. The molecule has 0 unspecified atom stereocenters. The third-order valence-electron chi connectivity index (χ3n) is 2.48. The molecule has 0 bridgehead atoms. The molecule has 2 rings (SSSR count). The Morgan fingerprint density at radius 3 is 2.06 bits per heavy atom. The van der Waals surface area contributed by atoms with E-state index in [-0.39, 0.29) is 0 Å². The van der Waals surface area contributed by atoms with Crippen molar-refractivity contribution in [2.75, 3.05) is 0 Å². The van der Waals surface area contributed by atoms with Gasteiger partial charge in [0.1, 0.15) is 0 Å². The van der Waals surface area contributed by atoms with Crippen molar-refractivity contribution >= 4 is 5.57 Å². The molecule has 0 atom stereocenters. The van der Waals surface area contributed by atoms with Gasteiger partial charge in [-0.1, -0.05) is 77.3 Å². The summed E-state index contributed by atoms with van der Waals surface area (Å²) in [7, 11) is 0. The lowest BCUT2D eigenvalue weighted by atomic mass is 10.1. The summed E-state index contributed by atoms with van der Waals surface area (Å²) in [6.45, 7) is 15.7. The highest BCUT2D eigenvalue weighted by molar-refractivity contribution is 5.84. The Morgan fingerprint density at radius 2 is 1.53 bits per heavy atom. The smallest absolute Gasteiger partial charge is 0.00137 e. The minimum atomic E-state index is 1.00. The van der Waals surface area contributed by atoms with E-state index in [1.54, 1.807) is 0 Å². The molecule has 17 heavy (non-hydrogen) atoms. The van der Waals surface area contributed by atoms with E-state index in [1.807, 2.05) is 39.8 Å². The van der Waals surface area contributed by atoms with Crippen LogP contribution in [0.25, 0.3) is 5.57 Å². The molecule has 0 fully saturated rings. The molecule has 0 nitrogen and oxygen atoms in total. The highest BCUT2D eigenvalue weighted by Crippen LogP contribution is 2.33. The third kappa shape index (κ3) is 3.45. The fraction of sp³-hybridized carbons (Fsp3) is 0.294.